The molecule has 0 atom stereocenters. The summed E-state index contributed by atoms with van der Waals surface area (Å²) in [6.07, 6.45) is 0. The second kappa shape index (κ2) is 2.85. The van der Waals surface area contributed by atoms with E-state index in [0.29, 0.717) is 0 Å². The molecular weight excluding hydrogens is 168 g/mol. The molecule has 0 N–H and O–H groups in total. The minimum atomic E-state index is 1.13. The van der Waals surface area contributed by atoms with Crippen LogP contribution in [0.5, 0.6) is 0 Å². The Hall–Kier alpha value is -1.82. The summed E-state index contributed by atoms with van der Waals surface area (Å²) < 4.78 is 0. The highest BCUT2D eigenvalue weighted by molar-refractivity contribution is 6.06. The Kier molecular flexibility index (Phi) is 1.54. The fraction of sp³-hybridized carbons (Fsp3) is 0. The molecule has 0 fully saturated rings. The summed E-state index contributed by atoms with van der Waals surface area (Å²) in [5.41, 5.74) is 0. The largest absolute Gasteiger partial charge is 0.0616 e. The molecule has 3 aromatic rings. The average Bonchev–Trinajstić information content (AvgIpc) is 2.29. The van der Waals surface area contributed by atoms with Crippen molar-refractivity contribution < 1.29 is 0 Å². The topological polar surface area (TPSA) is 0 Å². The van der Waals surface area contributed by atoms with Crippen molar-refractivity contribution in [2.24, 2.45) is 0 Å². The minimum absolute atomic E-state index is 1.13. The lowest BCUT2D eigenvalue weighted by Gasteiger charge is -2.01. The third-order valence-corrected chi connectivity index (χ3v) is 2.48. The molecule has 0 aliphatic heterocycles. The van der Waals surface area contributed by atoms with E-state index in [0.717, 1.165) is 10.8 Å². The molecule has 3 rings (SSSR count). The van der Waals surface area contributed by atoms with Gasteiger partial charge in [-0.25, -0.2) is 0 Å². The molecule has 14 heavy (non-hydrogen) atoms. The van der Waals surface area contributed by atoms with Crippen LogP contribution in [0.4, 0.5) is 0 Å². The van der Waals surface area contributed by atoms with Gasteiger partial charge in [0.1, 0.15) is 0 Å². The van der Waals surface area contributed by atoms with Crippen LogP contribution in [0.1, 0.15) is 0 Å². The van der Waals surface area contributed by atoms with Crippen molar-refractivity contribution in [2.45, 2.75) is 0 Å². The van der Waals surface area contributed by atoms with Gasteiger partial charge >= 0.3 is 0 Å². The minimum Gasteiger partial charge on any atom is -0.0616 e. The molecule has 0 nitrogen and oxygen atoms in total. The van der Waals surface area contributed by atoms with E-state index in [-0.39, 0.29) is 0 Å². The highest BCUT2D eigenvalue weighted by Gasteiger charge is 1.97. The smallest absolute Gasteiger partial charge is 0.00204 e. The second-order valence-corrected chi connectivity index (χ2v) is 3.33. The first-order valence-corrected chi connectivity index (χ1v) is 4.65. The van der Waals surface area contributed by atoms with E-state index in [2.05, 4.69) is 48.5 Å². The van der Waals surface area contributed by atoms with Gasteiger partial charge in [0.2, 0.25) is 0 Å². The molecule has 0 amide bonds. The van der Waals surface area contributed by atoms with Crippen LogP contribution in [0.3, 0.4) is 0 Å². The van der Waals surface area contributed by atoms with E-state index in [1.54, 1.807) is 0 Å². The Balaban J connectivity index is 2.61. The van der Waals surface area contributed by atoms with Crippen LogP contribution in [0.25, 0.3) is 21.5 Å². The molecule has 0 heteroatoms. The highest BCUT2D eigenvalue weighted by Crippen LogP contribution is 2.23. The fourth-order valence-electron chi connectivity index (χ4n) is 1.80. The highest BCUT2D eigenvalue weighted by atomic mass is 14.0. The van der Waals surface area contributed by atoms with Crippen molar-refractivity contribution >= 4 is 21.5 Å². The normalized spacial score (nSPS) is 10.9. The lowest BCUT2D eigenvalue weighted by Crippen LogP contribution is -1.76. The zero-order valence-corrected chi connectivity index (χ0v) is 7.62. The molecule has 0 saturated heterocycles. The van der Waals surface area contributed by atoms with Gasteiger partial charge in [-0.3, -0.25) is 0 Å². The Morgan fingerprint density at radius 2 is 1.64 bits per heavy atom. The van der Waals surface area contributed by atoms with Gasteiger partial charge in [0, 0.05) is 0 Å². The first-order chi connectivity index (χ1) is 6.95. The first-order valence-electron chi connectivity index (χ1n) is 4.65. The molecule has 0 spiro atoms. The summed E-state index contributed by atoms with van der Waals surface area (Å²) in [6, 6.07) is 22.9. The Morgan fingerprint density at radius 3 is 2.64 bits per heavy atom. The number of hydrogen-bond acceptors (Lipinski definition) is 0. The third-order valence-electron chi connectivity index (χ3n) is 2.48. The summed E-state index contributed by atoms with van der Waals surface area (Å²) in [5, 5.41) is 4.80. The van der Waals surface area contributed by atoms with E-state index in [1.807, 2.05) is 12.1 Å². The summed E-state index contributed by atoms with van der Waals surface area (Å²) >= 11 is 0. The zero-order chi connectivity index (χ0) is 9.38. The van der Waals surface area contributed by atoms with E-state index < -0.39 is 0 Å². The molecule has 0 saturated carbocycles. The van der Waals surface area contributed by atoms with Crippen LogP contribution < -0.4 is 0 Å². The molecule has 2 radical (unpaired) electrons. The summed E-state index contributed by atoms with van der Waals surface area (Å²) in [4.78, 5) is 0. The van der Waals surface area contributed by atoms with Gasteiger partial charge in [-0.2, -0.15) is 0 Å². The van der Waals surface area contributed by atoms with Crippen molar-refractivity contribution in [3.63, 3.8) is 0 Å². The number of fused-ring (bicyclic) bond motifs is 3. The zero-order valence-electron chi connectivity index (χ0n) is 7.62. The molecule has 0 heterocycles. The van der Waals surface area contributed by atoms with Crippen LogP contribution in [-0.4, -0.2) is 0 Å². The predicted molar refractivity (Wildman–Crippen MR) is 59.1 cm³/mol. The van der Waals surface area contributed by atoms with Crippen molar-refractivity contribution in [1.29, 1.82) is 0 Å². The van der Waals surface area contributed by atoms with Gasteiger partial charge in [-0.1, -0.05) is 48.5 Å². The maximum atomic E-state index is 3.26. The SMILES string of the molecule is [c]1cc[c]c2c1ccc1ccccc12. The quantitative estimate of drug-likeness (QED) is 0.459. The molecule has 0 aliphatic carbocycles. The predicted octanol–water partition coefficient (Wildman–Crippen LogP) is 3.59. The second-order valence-electron chi connectivity index (χ2n) is 3.33. The third kappa shape index (κ3) is 1.01. The van der Waals surface area contributed by atoms with Crippen molar-refractivity contribution in [3.05, 3.63) is 60.7 Å². The Bertz CT molecular complexity index is 539. The Labute approximate surface area is 82.8 Å². The summed E-state index contributed by atoms with van der Waals surface area (Å²) in [6.45, 7) is 0. The van der Waals surface area contributed by atoms with E-state index in [9.17, 15) is 0 Å². The molecule has 3 aromatic carbocycles. The van der Waals surface area contributed by atoms with Gasteiger partial charge in [0.25, 0.3) is 0 Å². The van der Waals surface area contributed by atoms with Crippen LogP contribution in [0.2, 0.25) is 0 Å². The first kappa shape index (κ1) is 7.57. The maximum Gasteiger partial charge on any atom is -0.00204 e. The van der Waals surface area contributed by atoms with Crippen LogP contribution >= 0.6 is 0 Å². The number of benzene rings is 3. The fourth-order valence-corrected chi connectivity index (χ4v) is 1.80. The molecule has 0 unspecified atom stereocenters. The number of hydrogen-bond donors (Lipinski definition) is 0. The molecular formula is C14H8. The van der Waals surface area contributed by atoms with Crippen LogP contribution in [-0.2, 0) is 0 Å². The summed E-state index contributed by atoms with van der Waals surface area (Å²) in [7, 11) is 0. The van der Waals surface area contributed by atoms with E-state index in [1.165, 1.54) is 10.8 Å². The van der Waals surface area contributed by atoms with Gasteiger partial charge in [0.05, 0.1) is 0 Å². The van der Waals surface area contributed by atoms with Crippen molar-refractivity contribution in [3.8, 4) is 0 Å². The van der Waals surface area contributed by atoms with Crippen LogP contribution in [0.15, 0.2) is 48.5 Å². The van der Waals surface area contributed by atoms with E-state index >= 15 is 0 Å². The standard InChI is InChI=1S/C14H8/c1-3-7-13-11(5-1)9-10-12-6-2-4-8-14(12)13/h1-5,7,9-10H. The van der Waals surface area contributed by atoms with Gasteiger partial charge in [-0.05, 0) is 33.7 Å². The van der Waals surface area contributed by atoms with Crippen molar-refractivity contribution in [1.82, 2.24) is 0 Å². The maximum absolute atomic E-state index is 3.26. The lowest BCUT2D eigenvalue weighted by molar-refractivity contribution is 1.75. The van der Waals surface area contributed by atoms with Gasteiger partial charge in [-0.15, -0.1) is 0 Å². The van der Waals surface area contributed by atoms with E-state index in [4.69, 9.17) is 0 Å². The van der Waals surface area contributed by atoms with Crippen LogP contribution in [0, 0.1) is 12.1 Å². The number of rotatable bonds is 0. The van der Waals surface area contributed by atoms with Gasteiger partial charge < -0.3 is 0 Å². The molecule has 64 valence electrons. The monoisotopic (exact) mass is 176 g/mol. The molecule has 0 bridgehead atoms. The van der Waals surface area contributed by atoms with Crippen molar-refractivity contribution in [2.75, 3.05) is 0 Å². The Morgan fingerprint density at radius 1 is 0.786 bits per heavy atom. The molecule has 0 aromatic heterocycles. The molecule has 0 aliphatic rings. The lowest BCUT2D eigenvalue weighted by atomic mass is 10.0. The van der Waals surface area contributed by atoms with Gasteiger partial charge in [0.15, 0.2) is 0 Å². The summed E-state index contributed by atoms with van der Waals surface area (Å²) in [5.74, 6) is 0. The average molecular weight is 176 g/mol.